The smallest absolute Gasteiger partial charge is 0.407 e. The molecule has 0 radical (unpaired) electrons. The highest BCUT2D eigenvalue weighted by Crippen LogP contribution is 2.40. The molecule has 6 atom stereocenters. The normalized spacial score (nSPS) is 35.7. The fraction of sp³-hybridized carbons (Fsp3) is 0.714. The summed E-state index contributed by atoms with van der Waals surface area (Å²) in [6.45, 7) is 4.81. The third-order valence-corrected chi connectivity index (χ3v) is 6.73. The predicted octanol–water partition coefficient (Wildman–Crippen LogP) is 2.88. The molecule has 10 heteroatoms. The number of amides is 1. The third kappa shape index (κ3) is 4.08. The zero-order chi connectivity index (χ0) is 22.5. The van der Waals surface area contributed by atoms with E-state index in [4.69, 9.17) is 9.73 Å². The Morgan fingerprint density at radius 1 is 1.26 bits per heavy atom. The molecule has 4 aliphatic heterocycles. The van der Waals surface area contributed by atoms with Gasteiger partial charge < -0.3 is 9.64 Å². The van der Waals surface area contributed by atoms with Gasteiger partial charge in [-0.1, -0.05) is 6.92 Å². The molecule has 0 aromatic carbocycles. The summed E-state index contributed by atoms with van der Waals surface area (Å²) < 4.78 is 43.6. The van der Waals surface area contributed by atoms with Crippen LogP contribution in [-0.2, 0) is 9.53 Å². The summed E-state index contributed by atoms with van der Waals surface area (Å²) >= 11 is 0. The van der Waals surface area contributed by atoms with Crippen molar-refractivity contribution < 1.29 is 22.7 Å². The van der Waals surface area contributed by atoms with Crippen LogP contribution in [0.3, 0.4) is 0 Å². The van der Waals surface area contributed by atoms with Gasteiger partial charge in [-0.15, -0.1) is 0 Å². The highest BCUT2D eigenvalue weighted by atomic mass is 19.4. The number of halogens is 3. The van der Waals surface area contributed by atoms with Crippen molar-refractivity contribution in [2.45, 2.75) is 57.9 Å². The van der Waals surface area contributed by atoms with Gasteiger partial charge in [-0.3, -0.25) is 19.8 Å². The number of hydrazone groups is 1. The Morgan fingerprint density at radius 3 is 2.68 bits per heavy atom. The van der Waals surface area contributed by atoms with E-state index in [1.54, 1.807) is 12.0 Å². The highest BCUT2D eigenvalue weighted by Gasteiger charge is 2.51. The minimum absolute atomic E-state index is 0.00239. The molecule has 0 saturated carbocycles. The Kier molecular flexibility index (Phi) is 5.59. The van der Waals surface area contributed by atoms with Crippen LogP contribution in [0.25, 0.3) is 0 Å². The van der Waals surface area contributed by atoms with Gasteiger partial charge in [0.25, 0.3) is 0 Å². The van der Waals surface area contributed by atoms with Gasteiger partial charge in [0.1, 0.15) is 12.3 Å². The Bertz CT molecular complexity index is 866. The molecule has 4 heterocycles. The molecule has 1 amide bonds. The van der Waals surface area contributed by atoms with Crippen LogP contribution < -0.4 is 0 Å². The monoisotopic (exact) mass is 439 g/mol. The standard InChI is InChI=1S/C21H28F3N5O2/c1-11-5-16(14-6-17(31-4)12(2)25-7-14)27-19-13(3)29(20(30)18(11)19)15-8-26-28(9-15)10-21(22,23)24/h7-8,11,13-16,18H,5-6,9-10H2,1-4H3/t11?,13-,14?,15?,16?,18?/m1/s1. The quantitative estimate of drug-likeness (QED) is 0.676. The lowest BCUT2D eigenvalue weighted by Gasteiger charge is -2.33. The maximum Gasteiger partial charge on any atom is 0.407 e. The van der Waals surface area contributed by atoms with E-state index >= 15 is 0 Å². The minimum Gasteiger partial charge on any atom is -0.499 e. The molecule has 31 heavy (non-hydrogen) atoms. The van der Waals surface area contributed by atoms with Crippen molar-refractivity contribution in [3.63, 3.8) is 0 Å². The summed E-state index contributed by atoms with van der Waals surface area (Å²) in [4.78, 5) is 24.4. The lowest BCUT2D eigenvalue weighted by molar-refractivity contribution is -0.146. The summed E-state index contributed by atoms with van der Waals surface area (Å²) in [5, 5.41) is 4.86. The van der Waals surface area contributed by atoms with Crippen LogP contribution in [0, 0.1) is 17.8 Å². The molecule has 0 spiro atoms. The number of methoxy groups -OCH3 is 1. The molecule has 1 fully saturated rings. The van der Waals surface area contributed by atoms with Gasteiger partial charge in [-0.25, -0.2) is 0 Å². The first-order valence-electron chi connectivity index (χ1n) is 10.6. The summed E-state index contributed by atoms with van der Waals surface area (Å²) in [6.07, 6.45) is 0.524. The number of likely N-dealkylation sites (tertiary alicyclic amines) is 1. The van der Waals surface area contributed by atoms with E-state index in [2.05, 4.69) is 17.0 Å². The number of carbonyl (C=O) groups excluding carboxylic acids is 1. The maximum absolute atomic E-state index is 13.3. The van der Waals surface area contributed by atoms with Gasteiger partial charge in [-0.05, 0) is 26.2 Å². The van der Waals surface area contributed by atoms with Crippen LogP contribution in [-0.4, -0.2) is 78.5 Å². The number of hydrogen-bond acceptors (Lipinski definition) is 6. The lowest BCUT2D eigenvalue weighted by Crippen LogP contribution is -2.46. The summed E-state index contributed by atoms with van der Waals surface area (Å²) in [5.74, 6) is 0.658. The Labute approximate surface area is 179 Å². The van der Waals surface area contributed by atoms with Crippen molar-refractivity contribution in [2.75, 3.05) is 20.2 Å². The maximum atomic E-state index is 13.3. The molecule has 0 bridgehead atoms. The molecule has 0 aliphatic carbocycles. The summed E-state index contributed by atoms with van der Waals surface area (Å²) in [5.41, 5.74) is 1.70. The van der Waals surface area contributed by atoms with E-state index in [1.807, 2.05) is 20.1 Å². The molecule has 4 rings (SSSR count). The van der Waals surface area contributed by atoms with E-state index in [1.165, 1.54) is 6.21 Å². The predicted molar refractivity (Wildman–Crippen MR) is 111 cm³/mol. The molecule has 7 nitrogen and oxygen atoms in total. The lowest BCUT2D eigenvalue weighted by atomic mass is 9.78. The van der Waals surface area contributed by atoms with E-state index in [-0.39, 0.29) is 42.3 Å². The summed E-state index contributed by atoms with van der Waals surface area (Å²) in [7, 11) is 1.64. The number of aliphatic imine (C=N–C) groups is 2. The average Bonchev–Trinajstić information content (AvgIpc) is 3.23. The molecule has 170 valence electrons. The minimum atomic E-state index is -4.33. The molecule has 0 aromatic rings. The second-order valence-electron chi connectivity index (χ2n) is 8.89. The third-order valence-electron chi connectivity index (χ3n) is 6.73. The van der Waals surface area contributed by atoms with Crippen LogP contribution in [0.1, 0.15) is 33.6 Å². The second kappa shape index (κ2) is 7.94. The Hall–Kier alpha value is -2.39. The van der Waals surface area contributed by atoms with Crippen molar-refractivity contribution in [3.8, 4) is 0 Å². The van der Waals surface area contributed by atoms with Gasteiger partial charge in [0.2, 0.25) is 5.91 Å². The van der Waals surface area contributed by atoms with Crippen molar-refractivity contribution in [2.24, 2.45) is 32.8 Å². The molecule has 0 aromatic heterocycles. The molecule has 0 N–H and O–H groups in total. The van der Waals surface area contributed by atoms with Crippen LogP contribution in [0.2, 0.25) is 0 Å². The Balaban J connectivity index is 1.52. The largest absolute Gasteiger partial charge is 0.499 e. The number of alkyl halides is 3. The first-order chi connectivity index (χ1) is 14.6. The van der Waals surface area contributed by atoms with Crippen LogP contribution in [0.4, 0.5) is 13.2 Å². The number of rotatable bonds is 4. The highest BCUT2D eigenvalue weighted by molar-refractivity contribution is 6.14. The van der Waals surface area contributed by atoms with Gasteiger partial charge in [0.05, 0.1) is 43.4 Å². The molecular weight excluding hydrogens is 411 g/mol. The van der Waals surface area contributed by atoms with Crippen LogP contribution in [0.5, 0.6) is 0 Å². The number of nitrogens with zero attached hydrogens (tertiary/aromatic N) is 5. The number of carbonyl (C=O) groups is 1. The van der Waals surface area contributed by atoms with Gasteiger partial charge in [-0.2, -0.15) is 18.3 Å². The number of ether oxygens (including phenoxy) is 1. The molecule has 5 unspecified atom stereocenters. The molecule has 1 saturated heterocycles. The first kappa shape index (κ1) is 21.8. The van der Waals surface area contributed by atoms with Crippen molar-refractivity contribution in [1.29, 1.82) is 0 Å². The second-order valence-corrected chi connectivity index (χ2v) is 8.89. The number of hydrogen-bond donors (Lipinski definition) is 0. The van der Waals surface area contributed by atoms with E-state index in [0.717, 1.165) is 35.0 Å². The van der Waals surface area contributed by atoms with Gasteiger partial charge >= 0.3 is 6.18 Å². The van der Waals surface area contributed by atoms with Crippen LogP contribution in [0.15, 0.2) is 26.5 Å². The van der Waals surface area contributed by atoms with E-state index in [0.29, 0.717) is 0 Å². The SMILES string of the molecule is COC1=C(C)N=CC(C2CC(C)C3C(=O)N(C4C=NN(CC(F)(F)F)C4)[C@H](C)C3=N2)C1. The van der Waals surface area contributed by atoms with Crippen molar-refractivity contribution in [1.82, 2.24) is 9.91 Å². The van der Waals surface area contributed by atoms with Gasteiger partial charge in [0.15, 0.2) is 0 Å². The average molecular weight is 439 g/mol. The van der Waals surface area contributed by atoms with Gasteiger partial charge in [0, 0.05) is 30.5 Å². The number of fused-ring (bicyclic) bond motifs is 1. The fourth-order valence-electron chi connectivity index (χ4n) is 5.20. The Morgan fingerprint density at radius 2 is 2.00 bits per heavy atom. The van der Waals surface area contributed by atoms with E-state index < -0.39 is 18.8 Å². The van der Waals surface area contributed by atoms with Crippen molar-refractivity contribution >= 4 is 24.0 Å². The van der Waals surface area contributed by atoms with Crippen LogP contribution >= 0.6 is 0 Å². The molecular formula is C21H28F3N5O2. The molecule has 4 aliphatic rings. The number of allylic oxidation sites excluding steroid dienone is 2. The first-order valence-corrected chi connectivity index (χ1v) is 10.6. The fourth-order valence-corrected chi connectivity index (χ4v) is 5.20. The summed E-state index contributed by atoms with van der Waals surface area (Å²) in [6, 6.07) is -0.757. The zero-order valence-electron chi connectivity index (χ0n) is 18.1. The van der Waals surface area contributed by atoms with Crippen molar-refractivity contribution in [3.05, 3.63) is 11.5 Å². The zero-order valence-corrected chi connectivity index (χ0v) is 18.1. The van der Waals surface area contributed by atoms with E-state index in [9.17, 15) is 18.0 Å². The topological polar surface area (TPSA) is 69.9 Å².